The van der Waals surface area contributed by atoms with Gasteiger partial charge in [0.05, 0.1) is 6.61 Å². The van der Waals surface area contributed by atoms with E-state index < -0.39 is 0 Å². The van der Waals surface area contributed by atoms with Crippen LogP contribution in [0.5, 0.6) is 0 Å². The number of rotatable bonds is 12. The molecule has 0 spiro atoms. The highest BCUT2D eigenvalue weighted by atomic mass is 127. The van der Waals surface area contributed by atoms with Crippen LogP contribution in [0.2, 0.25) is 0 Å². The van der Waals surface area contributed by atoms with Crippen molar-refractivity contribution in [3.05, 3.63) is 0 Å². The number of ether oxygens (including phenoxy) is 2. The average molecular weight is 427 g/mol. The van der Waals surface area contributed by atoms with Gasteiger partial charge in [0.1, 0.15) is 0 Å². The molecule has 1 N–H and O–H groups in total. The highest BCUT2D eigenvalue weighted by Gasteiger charge is 2.21. The molecule has 0 aromatic carbocycles. The Bertz CT molecular complexity index is 287. The molecule has 1 aliphatic rings. The molecule has 0 heterocycles. The third kappa shape index (κ3) is 11.5. The minimum Gasteiger partial charge on any atom is -0.382 e. The Hall–Kier alpha value is -0.0800. The molecule has 0 aromatic heterocycles. The lowest BCUT2D eigenvalue weighted by Crippen LogP contribution is -2.40. The van der Waals surface area contributed by atoms with Crippen molar-refractivity contribution in [2.45, 2.75) is 39.5 Å². The van der Waals surface area contributed by atoms with Crippen molar-refractivity contribution in [2.24, 2.45) is 10.9 Å². The van der Waals surface area contributed by atoms with Crippen LogP contribution < -0.4 is 5.32 Å². The molecule has 1 saturated carbocycles. The molecular formula is C16H34IN3O2. The Morgan fingerprint density at radius 3 is 2.59 bits per heavy atom. The van der Waals surface area contributed by atoms with Gasteiger partial charge in [-0.1, -0.05) is 0 Å². The quantitative estimate of drug-likeness (QED) is 0.225. The Kier molecular flexibility index (Phi) is 14.5. The fourth-order valence-corrected chi connectivity index (χ4v) is 1.96. The molecule has 0 saturated heterocycles. The van der Waals surface area contributed by atoms with Crippen molar-refractivity contribution < 1.29 is 9.47 Å². The fourth-order valence-electron chi connectivity index (χ4n) is 1.96. The topological polar surface area (TPSA) is 46.1 Å². The average Bonchev–Trinajstić information content (AvgIpc) is 3.30. The summed E-state index contributed by atoms with van der Waals surface area (Å²) in [5, 5.41) is 3.34. The number of aliphatic imine (C=N–C) groups is 1. The summed E-state index contributed by atoms with van der Waals surface area (Å²) in [7, 11) is 2.07. The van der Waals surface area contributed by atoms with Crippen molar-refractivity contribution in [3.63, 3.8) is 0 Å². The first-order valence-electron chi connectivity index (χ1n) is 8.42. The van der Waals surface area contributed by atoms with Gasteiger partial charge in [0.15, 0.2) is 5.96 Å². The van der Waals surface area contributed by atoms with Gasteiger partial charge in [0, 0.05) is 46.5 Å². The van der Waals surface area contributed by atoms with Crippen molar-refractivity contribution in [1.29, 1.82) is 0 Å². The lowest BCUT2D eigenvalue weighted by Gasteiger charge is -2.22. The van der Waals surface area contributed by atoms with Gasteiger partial charge in [-0.3, -0.25) is 4.99 Å². The smallest absolute Gasteiger partial charge is 0.193 e. The zero-order valence-corrected chi connectivity index (χ0v) is 16.8. The van der Waals surface area contributed by atoms with Crippen molar-refractivity contribution >= 4 is 29.9 Å². The molecule has 1 rings (SSSR count). The van der Waals surface area contributed by atoms with Crippen LogP contribution in [0, 0.1) is 5.92 Å². The monoisotopic (exact) mass is 427 g/mol. The lowest BCUT2D eigenvalue weighted by molar-refractivity contribution is 0.115. The van der Waals surface area contributed by atoms with E-state index in [1.54, 1.807) is 0 Å². The molecule has 5 nitrogen and oxygen atoms in total. The molecule has 1 fully saturated rings. The van der Waals surface area contributed by atoms with Gasteiger partial charge in [-0.05, 0) is 45.4 Å². The second kappa shape index (κ2) is 14.5. The van der Waals surface area contributed by atoms with Gasteiger partial charge >= 0.3 is 0 Å². The molecule has 132 valence electrons. The summed E-state index contributed by atoms with van der Waals surface area (Å²) in [4.78, 5) is 6.81. The van der Waals surface area contributed by atoms with Crippen LogP contribution in [0.3, 0.4) is 0 Å². The van der Waals surface area contributed by atoms with E-state index in [2.05, 4.69) is 29.2 Å². The predicted molar refractivity (Wildman–Crippen MR) is 103 cm³/mol. The maximum absolute atomic E-state index is 5.69. The molecule has 6 heteroatoms. The number of likely N-dealkylation sites (N-methyl/N-ethyl adjacent to an activating group) is 1. The molecule has 0 unspecified atom stereocenters. The van der Waals surface area contributed by atoms with E-state index in [9.17, 15) is 0 Å². The number of nitrogens with zero attached hydrogens (tertiary/aromatic N) is 2. The minimum atomic E-state index is 0. The van der Waals surface area contributed by atoms with Crippen LogP contribution in [0.25, 0.3) is 0 Å². The van der Waals surface area contributed by atoms with E-state index in [-0.39, 0.29) is 24.0 Å². The summed E-state index contributed by atoms with van der Waals surface area (Å²) in [5.74, 6) is 1.81. The highest BCUT2D eigenvalue weighted by molar-refractivity contribution is 14.0. The molecule has 22 heavy (non-hydrogen) atoms. The number of guanidine groups is 1. The van der Waals surface area contributed by atoms with E-state index in [4.69, 9.17) is 9.47 Å². The van der Waals surface area contributed by atoms with E-state index in [0.29, 0.717) is 0 Å². The zero-order chi connectivity index (χ0) is 15.3. The van der Waals surface area contributed by atoms with E-state index >= 15 is 0 Å². The summed E-state index contributed by atoms with van der Waals surface area (Å²) < 4.78 is 11.0. The minimum absolute atomic E-state index is 0. The van der Waals surface area contributed by atoms with Crippen molar-refractivity contribution in [2.75, 3.05) is 53.1 Å². The molecule has 0 aromatic rings. The largest absolute Gasteiger partial charge is 0.382 e. The van der Waals surface area contributed by atoms with Crippen molar-refractivity contribution in [3.8, 4) is 0 Å². The second-order valence-corrected chi connectivity index (χ2v) is 5.58. The Morgan fingerprint density at radius 2 is 1.95 bits per heavy atom. The number of hydrogen-bond donors (Lipinski definition) is 1. The van der Waals surface area contributed by atoms with Crippen molar-refractivity contribution in [1.82, 2.24) is 10.2 Å². The SMILES string of the molecule is CCNC(=NCCCCOCC)N(C)CCOCC1CC1.I. The summed E-state index contributed by atoms with van der Waals surface area (Å²) in [6, 6.07) is 0. The molecule has 0 amide bonds. The normalized spacial score (nSPS) is 14.6. The molecule has 0 bridgehead atoms. The van der Waals surface area contributed by atoms with Gasteiger partial charge in [-0.25, -0.2) is 0 Å². The first kappa shape index (κ1) is 21.9. The van der Waals surface area contributed by atoms with Crippen LogP contribution >= 0.6 is 24.0 Å². The molecule has 0 atom stereocenters. The maximum atomic E-state index is 5.69. The Morgan fingerprint density at radius 1 is 1.18 bits per heavy atom. The third-order valence-electron chi connectivity index (χ3n) is 3.48. The second-order valence-electron chi connectivity index (χ2n) is 5.58. The molecule has 0 aliphatic heterocycles. The van der Waals surface area contributed by atoms with Crippen LogP contribution in [0.15, 0.2) is 4.99 Å². The molecular weight excluding hydrogens is 393 g/mol. The van der Waals surface area contributed by atoms with Crippen LogP contribution in [-0.2, 0) is 9.47 Å². The van der Waals surface area contributed by atoms with Gasteiger partial charge in [0.2, 0.25) is 0 Å². The molecule has 0 radical (unpaired) electrons. The van der Waals surface area contributed by atoms with Crippen LogP contribution in [-0.4, -0.2) is 64.0 Å². The summed E-state index contributed by atoms with van der Waals surface area (Å²) in [6.07, 6.45) is 4.84. The lowest BCUT2D eigenvalue weighted by atomic mass is 10.3. The Balaban J connectivity index is 0.00000441. The summed E-state index contributed by atoms with van der Waals surface area (Å²) in [6.45, 7) is 10.1. The van der Waals surface area contributed by atoms with E-state index in [1.165, 1.54) is 12.8 Å². The van der Waals surface area contributed by atoms with E-state index in [0.717, 1.165) is 70.8 Å². The van der Waals surface area contributed by atoms with Gasteiger partial charge < -0.3 is 19.7 Å². The number of hydrogen-bond acceptors (Lipinski definition) is 3. The van der Waals surface area contributed by atoms with Gasteiger partial charge in [-0.15, -0.1) is 24.0 Å². The standard InChI is InChI=1S/C16H33N3O2.HI/c1-4-17-16(18-10-6-7-12-20-5-2)19(3)11-13-21-14-15-8-9-15;/h15H,4-14H2,1-3H3,(H,17,18);1H. The highest BCUT2D eigenvalue weighted by Crippen LogP contribution is 2.28. The molecule has 1 aliphatic carbocycles. The number of halogens is 1. The number of unbranched alkanes of at least 4 members (excludes halogenated alkanes) is 1. The third-order valence-corrected chi connectivity index (χ3v) is 3.48. The predicted octanol–water partition coefficient (Wildman–Crippen LogP) is 2.75. The first-order valence-corrected chi connectivity index (χ1v) is 8.42. The Labute approximate surface area is 153 Å². The van der Waals surface area contributed by atoms with E-state index in [1.807, 2.05) is 6.92 Å². The maximum Gasteiger partial charge on any atom is 0.193 e. The van der Waals surface area contributed by atoms with Gasteiger partial charge in [-0.2, -0.15) is 0 Å². The summed E-state index contributed by atoms with van der Waals surface area (Å²) in [5.41, 5.74) is 0. The van der Waals surface area contributed by atoms with Gasteiger partial charge in [0.25, 0.3) is 0 Å². The summed E-state index contributed by atoms with van der Waals surface area (Å²) >= 11 is 0. The van der Waals surface area contributed by atoms with Crippen LogP contribution in [0.1, 0.15) is 39.5 Å². The van der Waals surface area contributed by atoms with Crippen LogP contribution in [0.4, 0.5) is 0 Å². The fraction of sp³-hybridized carbons (Fsp3) is 0.938. The first-order chi connectivity index (χ1) is 10.3. The zero-order valence-electron chi connectivity index (χ0n) is 14.5. The number of nitrogens with one attached hydrogen (secondary N) is 1.